The van der Waals surface area contributed by atoms with Crippen LogP contribution in [0, 0.1) is 6.92 Å². The SMILES string of the molecule is Cc1c(Cc2ccc(-n3cccn3)cc2)cc2c(c1Cl)OC[C@@H]1CN(C)CCN1C2=O. The third-order valence-electron chi connectivity index (χ3n) is 6.27. The molecule has 2 aliphatic heterocycles. The van der Waals surface area contributed by atoms with Gasteiger partial charge in [0, 0.05) is 32.0 Å². The van der Waals surface area contributed by atoms with Gasteiger partial charge < -0.3 is 14.5 Å². The van der Waals surface area contributed by atoms with E-state index in [9.17, 15) is 4.79 Å². The molecule has 2 aliphatic rings. The number of fused-ring (bicyclic) bond motifs is 2. The molecule has 2 aromatic carbocycles. The van der Waals surface area contributed by atoms with E-state index >= 15 is 0 Å². The average Bonchev–Trinajstić information content (AvgIpc) is 3.27. The van der Waals surface area contributed by atoms with E-state index in [1.54, 1.807) is 6.20 Å². The molecule has 1 aromatic heterocycles. The zero-order valence-corrected chi connectivity index (χ0v) is 18.5. The Labute approximate surface area is 187 Å². The lowest BCUT2D eigenvalue weighted by atomic mass is 9.96. The summed E-state index contributed by atoms with van der Waals surface area (Å²) in [5, 5.41) is 4.81. The number of hydrogen-bond acceptors (Lipinski definition) is 4. The summed E-state index contributed by atoms with van der Waals surface area (Å²) in [6, 6.07) is 12.2. The fourth-order valence-corrected chi connectivity index (χ4v) is 4.70. The molecule has 1 atom stereocenters. The number of nitrogens with zero attached hydrogens (tertiary/aromatic N) is 4. The quantitative estimate of drug-likeness (QED) is 0.629. The highest BCUT2D eigenvalue weighted by Gasteiger charge is 2.35. The maximum Gasteiger partial charge on any atom is 0.258 e. The predicted octanol–water partition coefficient (Wildman–Crippen LogP) is 3.57. The van der Waals surface area contributed by atoms with Gasteiger partial charge in [0.2, 0.25) is 0 Å². The summed E-state index contributed by atoms with van der Waals surface area (Å²) < 4.78 is 7.91. The van der Waals surface area contributed by atoms with E-state index in [-0.39, 0.29) is 11.9 Å². The second-order valence-electron chi connectivity index (χ2n) is 8.37. The Morgan fingerprint density at radius 3 is 2.77 bits per heavy atom. The van der Waals surface area contributed by atoms with Gasteiger partial charge in [0.05, 0.1) is 22.3 Å². The van der Waals surface area contributed by atoms with Gasteiger partial charge in [-0.1, -0.05) is 23.7 Å². The first kappa shape index (κ1) is 20.1. The molecule has 160 valence electrons. The molecule has 1 fully saturated rings. The van der Waals surface area contributed by atoms with Gasteiger partial charge in [-0.05, 0) is 61.3 Å². The molecule has 0 N–H and O–H groups in total. The van der Waals surface area contributed by atoms with E-state index in [4.69, 9.17) is 16.3 Å². The van der Waals surface area contributed by atoms with Crippen LogP contribution < -0.4 is 4.74 Å². The van der Waals surface area contributed by atoms with E-state index < -0.39 is 0 Å². The molecule has 31 heavy (non-hydrogen) atoms. The first-order valence-corrected chi connectivity index (χ1v) is 10.9. The van der Waals surface area contributed by atoms with Crippen molar-refractivity contribution in [3.63, 3.8) is 0 Å². The van der Waals surface area contributed by atoms with Crippen molar-refractivity contribution < 1.29 is 9.53 Å². The largest absolute Gasteiger partial charge is 0.489 e. The molecule has 3 heterocycles. The smallest absolute Gasteiger partial charge is 0.258 e. The van der Waals surface area contributed by atoms with Crippen LogP contribution in [0.3, 0.4) is 0 Å². The molecule has 0 unspecified atom stereocenters. The number of carbonyl (C=O) groups is 1. The Morgan fingerprint density at radius 1 is 1.23 bits per heavy atom. The van der Waals surface area contributed by atoms with Gasteiger partial charge in [-0.2, -0.15) is 5.10 Å². The summed E-state index contributed by atoms with van der Waals surface area (Å²) in [4.78, 5) is 17.6. The number of hydrogen-bond donors (Lipinski definition) is 0. The standard InChI is InChI=1S/C24H25ClN4O2/c1-16-18(12-17-4-6-19(7-5-17)29-9-3-8-26-29)13-21-23(22(16)25)31-15-20-14-27(2)10-11-28(20)24(21)30/h3-9,13,20H,10-12,14-15H2,1-2H3/t20-/m0/s1. The molecule has 0 aliphatic carbocycles. The number of amides is 1. The van der Waals surface area contributed by atoms with E-state index in [1.807, 2.05) is 47.0 Å². The molecule has 1 saturated heterocycles. The lowest BCUT2D eigenvalue weighted by Gasteiger charge is -2.38. The molecule has 5 rings (SSSR count). The number of aromatic nitrogens is 2. The number of benzene rings is 2. The molecule has 6 nitrogen and oxygen atoms in total. The van der Waals surface area contributed by atoms with Crippen LogP contribution >= 0.6 is 11.6 Å². The summed E-state index contributed by atoms with van der Waals surface area (Å²) in [6.45, 7) is 4.85. The second-order valence-corrected chi connectivity index (χ2v) is 8.75. The van der Waals surface area contributed by atoms with Crippen molar-refractivity contribution in [1.29, 1.82) is 0 Å². The van der Waals surface area contributed by atoms with Crippen molar-refractivity contribution in [2.75, 3.05) is 33.3 Å². The lowest BCUT2D eigenvalue weighted by molar-refractivity contribution is 0.0442. The number of rotatable bonds is 3. The minimum Gasteiger partial charge on any atom is -0.489 e. The molecular weight excluding hydrogens is 412 g/mol. The van der Waals surface area contributed by atoms with Crippen molar-refractivity contribution in [1.82, 2.24) is 19.6 Å². The highest BCUT2D eigenvalue weighted by molar-refractivity contribution is 6.33. The van der Waals surface area contributed by atoms with Gasteiger partial charge >= 0.3 is 0 Å². The Hall–Kier alpha value is -2.83. The summed E-state index contributed by atoms with van der Waals surface area (Å²) in [5.41, 5.74) is 4.73. The normalized spacial score (nSPS) is 18.9. The molecule has 0 saturated carbocycles. The van der Waals surface area contributed by atoms with Crippen molar-refractivity contribution in [3.8, 4) is 11.4 Å². The van der Waals surface area contributed by atoms with Gasteiger partial charge in [0.15, 0.2) is 5.75 Å². The highest BCUT2D eigenvalue weighted by Crippen LogP contribution is 2.38. The number of piperazine rings is 1. The fraction of sp³-hybridized carbons (Fsp3) is 0.333. The Kier molecular flexibility index (Phi) is 5.20. The summed E-state index contributed by atoms with van der Waals surface area (Å²) >= 11 is 6.72. The van der Waals surface area contributed by atoms with E-state index in [2.05, 4.69) is 29.2 Å². The van der Waals surface area contributed by atoms with Crippen LogP contribution in [0.25, 0.3) is 5.69 Å². The van der Waals surface area contributed by atoms with Crippen molar-refractivity contribution in [3.05, 3.63) is 76.1 Å². The third kappa shape index (κ3) is 3.70. The van der Waals surface area contributed by atoms with Crippen LogP contribution in [0.5, 0.6) is 5.75 Å². The van der Waals surface area contributed by atoms with E-state index in [0.717, 1.165) is 35.5 Å². The maximum absolute atomic E-state index is 13.4. The number of halogens is 1. The third-order valence-corrected chi connectivity index (χ3v) is 6.73. The van der Waals surface area contributed by atoms with Crippen LogP contribution in [0.15, 0.2) is 48.8 Å². The maximum atomic E-state index is 13.4. The lowest BCUT2D eigenvalue weighted by Crippen LogP contribution is -2.55. The van der Waals surface area contributed by atoms with Gasteiger partial charge in [-0.15, -0.1) is 0 Å². The monoisotopic (exact) mass is 436 g/mol. The van der Waals surface area contributed by atoms with Crippen molar-refractivity contribution >= 4 is 17.5 Å². The van der Waals surface area contributed by atoms with Gasteiger partial charge in [0.1, 0.15) is 6.61 Å². The molecule has 0 bridgehead atoms. The predicted molar refractivity (Wildman–Crippen MR) is 120 cm³/mol. The Morgan fingerprint density at radius 2 is 2.03 bits per heavy atom. The summed E-state index contributed by atoms with van der Waals surface area (Å²) in [5.74, 6) is 0.543. The molecule has 0 radical (unpaired) electrons. The van der Waals surface area contributed by atoms with Crippen LogP contribution in [0.4, 0.5) is 0 Å². The van der Waals surface area contributed by atoms with Crippen molar-refractivity contribution in [2.45, 2.75) is 19.4 Å². The summed E-state index contributed by atoms with van der Waals surface area (Å²) in [7, 11) is 2.08. The average molecular weight is 437 g/mol. The van der Waals surface area contributed by atoms with Crippen LogP contribution in [-0.4, -0.2) is 64.8 Å². The Bertz CT molecular complexity index is 1110. The van der Waals surface area contributed by atoms with Crippen molar-refractivity contribution in [2.24, 2.45) is 0 Å². The zero-order valence-electron chi connectivity index (χ0n) is 17.7. The van der Waals surface area contributed by atoms with Gasteiger partial charge in [-0.25, -0.2) is 4.68 Å². The van der Waals surface area contributed by atoms with Crippen LogP contribution in [-0.2, 0) is 6.42 Å². The first-order valence-electron chi connectivity index (χ1n) is 10.5. The molecule has 0 spiro atoms. The Balaban J connectivity index is 1.46. The number of ether oxygens (including phenoxy) is 1. The van der Waals surface area contributed by atoms with Crippen LogP contribution in [0.1, 0.15) is 27.0 Å². The zero-order chi connectivity index (χ0) is 21.5. The molecular formula is C24H25ClN4O2. The molecule has 1 amide bonds. The second kappa shape index (κ2) is 8.02. The van der Waals surface area contributed by atoms with E-state index in [1.165, 1.54) is 0 Å². The van der Waals surface area contributed by atoms with Gasteiger partial charge in [-0.3, -0.25) is 4.79 Å². The highest BCUT2D eigenvalue weighted by atomic mass is 35.5. The molecule has 7 heteroatoms. The molecule has 3 aromatic rings. The minimum absolute atomic E-state index is 0.0165. The summed E-state index contributed by atoms with van der Waals surface area (Å²) in [6.07, 6.45) is 4.37. The number of carbonyl (C=O) groups excluding carboxylic acids is 1. The van der Waals surface area contributed by atoms with Crippen LogP contribution in [0.2, 0.25) is 5.02 Å². The fourth-order valence-electron chi connectivity index (χ4n) is 4.42. The number of likely N-dealkylation sites (N-methyl/N-ethyl adjacent to an activating group) is 1. The van der Waals surface area contributed by atoms with Gasteiger partial charge in [0.25, 0.3) is 5.91 Å². The minimum atomic E-state index is 0.0165. The first-order chi connectivity index (χ1) is 15.0. The topological polar surface area (TPSA) is 50.6 Å². The van der Waals surface area contributed by atoms with E-state index in [0.29, 0.717) is 35.9 Å².